The van der Waals surface area contributed by atoms with Gasteiger partial charge in [0.15, 0.2) is 0 Å². The van der Waals surface area contributed by atoms with E-state index < -0.39 is 0 Å². The molecule has 1 N–H and O–H groups in total. The Morgan fingerprint density at radius 2 is 2.29 bits per heavy atom. The zero-order chi connectivity index (χ0) is 11.7. The molecule has 1 aromatic carbocycles. The van der Waals surface area contributed by atoms with Crippen molar-refractivity contribution in [2.75, 3.05) is 18.1 Å². The summed E-state index contributed by atoms with van der Waals surface area (Å²) in [7, 11) is 0. The quantitative estimate of drug-likeness (QED) is 0.788. The van der Waals surface area contributed by atoms with Gasteiger partial charge in [0.25, 0.3) is 5.91 Å². The normalized spacial score (nSPS) is 14.0. The first-order valence-electron chi connectivity index (χ1n) is 5.25. The van der Waals surface area contributed by atoms with Crippen molar-refractivity contribution in [1.29, 1.82) is 0 Å². The van der Waals surface area contributed by atoms with Crippen molar-refractivity contribution in [2.45, 2.75) is 0 Å². The number of rotatable bonds is 1. The number of carbonyl (C=O) groups is 1. The van der Waals surface area contributed by atoms with Crippen LogP contribution in [0.25, 0.3) is 0 Å². The van der Waals surface area contributed by atoms with Crippen molar-refractivity contribution in [3.63, 3.8) is 0 Å². The lowest BCUT2D eigenvalue weighted by molar-refractivity contribution is 0.0967. The van der Waals surface area contributed by atoms with Crippen LogP contribution in [0, 0.1) is 0 Å². The van der Waals surface area contributed by atoms with Gasteiger partial charge in [0, 0.05) is 0 Å². The highest BCUT2D eigenvalue weighted by atomic mass is 16.5. The molecule has 0 spiro atoms. The van der Waals surface area contributed by atoms with Gasteiger partial charge in [-0.2, -0.15) is 5.10 Å². The molecule has 0 atom stereocenters. The van der Waals surface area contributed by atoms with E-state index in [1.807, 2.05) is 24.3 Å². The number of para-hydroxylation sites is 2. The number of amides is 1. The van der Waals surface area contributed by atoms with Crippen LogP contribution in [0.15, 0.2) is 30.6 Å². The SMILES string of the molecule is O=C(c1ncn[nH]1)N1CCOc2ccccc21. The second-order valence-corrected chi connectivity index (χ2v) is 3.61. The van der Waals surface area contributed by atoms with E-state index in [9.17, 15) is 4.79 Å². The topological polar surface area (TPSA) is 71.1 Å². The summed E-state index contributed by atoms with van der Waals surface area (Å²) in [5, 5.41) is 6.25. The Kier molecular flexibility index (Phi) is 2.25. The Morgan fingerprint density at radius 3 is 3.12 bits per heavy atom. The maximum absolute atomic E-state index is 12.2. The maximum atomic E-state index is 12.2. The fraction of sp³-hybridized carbons (Fsp3) is 0.182. The van der Waals surface area contributed by atoms with Crippen molar-refractivity contribution < 1.29 is 9.53 Å². The lowest BCUT2D eigenvalue weighted by atomic mass is 10.2. The summed E-state index contributed by atoms with van der Waals surface area (Å²) in [5.74, 6) is 0.756. The highest BCUT2D eigenvalue weighted by molar-refractivity contribution is 6.04. The first-order chi connectivity index (χ1) is 8.36. The first kappa shape index (κ1) is 9.83. The number of ether oxygens (including phenoxy) is 1. The van der Waals surface area contributed by atoms with Crippen molar-refractivity contribution >= 4 is 11.6 Å². The van der Waals surface area contributed by atoms with Crippen LogP contribution in [0.2, 0.25) is 0 Å². The molecule has 1 aromatic heterocycles. The van der Waals surface area contributed by atoms with Crippen LogP contribution < -0.4 is 9.64 Å². The van der Waals surface area contributed by atoms with Crippen molar-refractivity contribution in [3.8, 4) is 5.75 Å². The van der Waals surface area contributed by atoms with E-state index in [1.165, 1.54) is 6.33 Å². The number of hydrogen-bond donors (Lipinski definition) is 1. The molecule has 2 heterocycles. The summed E-state index contributed by atoms with van der Waals surface area (Å²) in [6, 6.07) is 7.44. The fourth-order valence-corrected chi connectivity index (χ4v) is 1.82. The van der Waals surface area contributed by atoms with Gasteiger partial charge < -0.3 is 4.74 Å². The van der Waals surface area contributed by atoms with E-state index in [-0.39, 0.29) is 11.7 Å². The number of aromatic nitrogens is 3. The average Bonchev–Trinajstić information content (AvgIpc) is 2.91. The Hall–Kier alpha value is -2.37. The van der Waals surface area contributed by atoms with Crippen LogP contribution in [-0.4, -0.2) is 34.2 Å². The van der Waals surface area contributed by atoms with Crippen LogP contribution >= 0.6 is 0 Å². The molecule has 2 aromatic rings. The molecule has 0 unspecified atom stereocenters. The second-order valence-electron chi connectivity index (χ2n) is 3.61. The summed E-state index contributed by atoms with van der Waals surface area (Å²) < 4.78 is 5.48. The molecule has 86 valence electrons. The van der Waals surface area contributed by atoms with Gasteiger partial charge >= 0.3 is 0 Å². The summed E-state index contributed by atoms with van der Waals surface area (Å²) in [6.07, 6.45) is 1.32. The van der Waals surface area contributed by atoms with Crippen LogP contribution in [0.1, 0.15) is 10.6 Å². The minimum atomic E-state index is -0.196. The molecule has 6 heteroatoms. The maximum Gasteiger partial charge on any atom is 0.295 e. The number of nitrogens with one attached hydrogen (secondary N) is 1. The standard InChI is InChI=1S/C11H10N4O2/c16-11(10-12-7-13-14-10)15-5-6-17-9-4-2-1-3-8(9)15/h1-4,7H,5-6H2,(H,12,13,14). The molecular weight excluding hydrogens is 220 g/mol. The van der Waals surface area contributed by atoms with E-state index in [1.54, 1.807) is 4.90 Å². The Morgan fingerprint density at radius 1 is 1.41 bits per heavy atom. The van der Waals surface area contributed by atoms with E-state index in [0.29, 0.717) is 18.9 Å². The molecule has 1 aliphatic rings. The largest absolute Gasteiger partial charge is 0.490 e. The second kappa shape index (κ2) is 3.89. The van der Waals surface area contributed by atoms with Gasteiger partial charge in [-0.05, 0) is 12.1 Å². The lowest BCUT2D eigenvalue weighted by Gasteiger charge is -2.28. The van der Waals surface area contributed by atoms with Crippen molar-refractivity contribution in [1.82, 2.24) is 15.2 Å². The minimum absolute atomic E-state index is 0.196. The number of benzene rings is 1. The molecule has 0 aliphatic carbocycles. The van der Waals surface area contributed by atoms with Gasteiger partial charge in [0.1, 0.15) is 18.7 Å². The lowest BCUT2D eigenvalue weighted by Crippen LogP contribution is -2.38. The number of anilines is 1. The molecule has 0 saturated heterocycles. The van der Waals surface area contributed by atoms with Gasteiger partial charge in [0.05, 0.1) is 12.2 Å². The molecule has 6 nitrogen and oxygen atoms in total. The summed E-state index contributed by atoms with van der Waals surface area (Å²) in [4.78, 5) is 17.7. The number of nitrogens with zero attached hydrogens (tertiary/aromatic N) is 3. The number of H-pyrrole nitrogens is 1. The summed E-state index contributed by atoms with van der Waals surface area (Å²) >= 11 is 0. The van der Waals surface area contributed by atoms with E-state index >= 15 is 0 Å². The molecule has 3 rings (SSSR count). The van der Waals surface area contributed by atoms with Crippen LogP contribution in [0.5, 0.6) is 5.75 Å². The Bertz CT molecular complexity index is 538. The molecule has 0 fully saturated rings. The highest BCUT2D eigenvalue weighted by Crippen LogP contribution is 2.31. The minimum Gasteiger partial charge on any atom is -0.490 e. The molecule has 1 aliphatic heterocycles. The van der Waals surface area contributed by atoms with Gasteiger partial charge in [-0.15, -0.1) is 0 Å². The predicted molar refractivity (Wildman–Crippen MR) is 60.0 cm³/mol. The zero-order valence-corrected chi connectivity index (χ0v) is 8.96. The van der Waals surface area contributed by atoms with E-state index in [0.717, 1.165) is 5.69 Å². The van der Waals surface area contributed by atoms with Crippen molar-refractivity contribution in [2.24, 2.45) is 0 Å². The molecule has 0 bridgehead atoms. The van der Waals surface area contributed by atoms with E-state index in [2.05, 4.69) is 15.2 Å². The number of hydrogen-bond acceptors (Lipinski definition) is 4. The molecule has 1 amide bonds. The first-order valence-corrected chi connectivity index (χ1v) is 5.25. The Labute approximate surface area is 97.2 Å². The number of fused-ring (bicyclic) bond motifs is 1. The van der Waals surface area contributed by atoms with Gasteiger partial charge in [0.2, 0.25) is 5.82 Å². The summed E-state index contributed by atoms with van der Waals surface area (Å²) in [5.41, 5.74) is 0.764. The molecule has 0 radical (unpaired) electrons. The van der Waals surface area contributed by atoms with Crippen LogP contribution in [0.4, 0.5) is 5.69 Å². The molecule has 0 saturated carbocycles. The van der Waals surface area contributed by atoms with E-state index in [4.69, 9.17) is 4.74 Å². The van der Waals surface area contributed by atoms with Gasteiger partial charge in [-0.25, -0.2) is 4.98 Å². The highest BCUT2D eigenvalue weighted by Gasteiger charge is 2.25. The number of aromatic amines is 1. The fourth-order valence-electron chi connectivity index (χ4n) is 1.82. The summed E-state index contributed by atoms with van der Waals surface area (Å²) in [6.45, 7) is 0.993. The third-order valence-electron chi connectivity index (χ3n) is 2.59. The smallest absolute Gasteiger partial charge is 0.295 e. The van der Waals surface area contributed by atoms with Crippen LogP contribution in [-0.2, 0) is 0 Å². The third-order valence-corrected chi connectivity index (χ3v) is 2.59. The van der Waals surface area contributed by atoms with Gasteiger partial charge in [-0.3, -0.25) is 14.8 Å². The third kappa shape index (κ3) is 1.63. The van der Waals surface area contributed by atoms with Gasteiger partial charge in [-0.1, -0.05) is 12.1 Å². The van der Waals surface area contributed by atoms with Crippen LogP contribution in [0.3, 0.4) is 0 Å². The predicted octanol–water partition coefficient (Wildman–Crippen LogP) is 0.844. The van der Waals surface area contributed by atoms with Crippen molar-refractivity contribution in [3.05, 3.63) is 36.4 Å². The molecular formula is C11H10N4O2. The Balaban J connectivity index is 1.98. The number of carbonyl (C=O) groups excluding carboxylic acids is 1. The zero-order valence-electron chi connectivity index (χ0n) is 8.96. The molecule has 17 heavy (non-hydrogen) atoms. The average molecular weight is 230 g/mol. The monoisotopic (exact) mass is 230 g/mol.